The van der Waals surface area contributed by atoms with Crippen LogP contribution >= 0.6 is 23.2 Å². The van der Waals surface area contributed by atoms with E-state index in [4.69, 9.17) is 23.2 Å². The Morgan fingerprint density at radius 1 is 1.30 bits per heavy atom. The normalized spacial score (nSPS) is 11.9. The van der Waals surface area contributed by atoms with E-state index in [1.165, 1.54) is 6.07 Å². The van der Waals surface area contributed by atoms with Gasteiger partial charge >= 0.3 is 5.97 Å². The number of esters is 1. The summed E-state index contributed by atoms with van der Waals surface area (Å²) in [5, 5.41) is 0.733. The lowest BCUT2D eigenvalue weighted by molar-refractivity contribution is -0.136. The quantitative estimate of drug-likeness (QED) is 0.407. The molecule has 1 heterocycles. The summed E-state index contributed by atoms with van der Waals surface area (Å²) >= 11 is 12.3. The van der Waals surface area contributed by atoms with E-state index in [1.807, 2.05) is 0 Å². The summed E-state index contributed by atoms with van der Waals surface area (Å²) in [7, 11) is 0. The van der Waals surface area contributed by atoms with Crippen molar-refractivity contribution in [3.63, 3.8) is 0 Å². The van der Waals surface area contributed by atoms with E-state index in [1.54, 1.807) is 49.4 Å². The number of terminal acetylenes is 1. The number of halogens is 3. The number of carbonyl (C=O) groups is 1. The average molecular weight is 405 g/mol. The highest BCUT2D eigenvalue weighted by Gasteiger charge is 2.21. The van der Waals surface area contributed by atoms with Crippen LogP contribution in [0.3, 0.4) is 0 Å². The highest BCUT2D eigenvalue weighted by Crippen LogP contribution is 2.36. The lowest BCUT2D eigenvalue weighted by atomic mass is 10.00. The Balaban J connectivity index is 0.000000321. The molecule has 2 aromatic carbocycles. The van der Waals surface area contributed by atoms with E-state index in [0.717, 1.165) is 0 Å². The molecule has 7 heteroatoms. The van der Waals surface area contributed by atoms with Gasteiger partial charge in [0.15, 0.2) is 0 Å². The first kappa shape index (κ1) is 20.6. The number of ether oxygens (including phenoxy) is 1. The summed E-state index contributed by atoms with van der Waals surface area (Å²) in [4.78, 5) is 18.6. The second kappa shape index (κ2) is 9.86. The van der Waals surface area contributed by atoms with Gasteiger partial charge < -0.3 is 4.74 Å². The van der Waals surface area contributed by atoms with Crippen molar-refractivity contribution >= 4 is 46.8 Å². The Bertz CT molecular complexity index is 949. The lowest BCUT2D eigenvalue weighted by Gasteiger charge is -2.12. The van der Waals surface area contributed by atoms with E-state index in [9.17, 15) is 9.18 Å². The molecule has 0 amide bonds. The first-order chi connectivity index (χ1) is 13.0. The number of hydrogen-bond acceptors (Lipinski definition) is 4. The molecule has 0 saturated carbocycles. The Kier molecular flexibility index (Phi) is 7.54. The third kappa shape index (κ3) is 5.16. The highest BCUT2D eigenvalue weighted by atomic mass is 35.5. The van der Waals surface area contributed by atoms with Gasteiger partial charge in [-0.3, -0.25) is 9.98 Å². The maximum atomic E-state index is 14.0. The second-order valence-corrected chi connectivity index (χ2v) is 5.89. The Morgan fingerprint density at radius 3 is 2.67 bits per heavy atom. The van der Waals surface area contributed by atoms with Gasteiger partial charge in [-0.15, -0.1) is 6.42 Å². The number of hydrogen-bond donors (Lipinski definition) is 0. The van der Waals surface area contributed by atoms with Crippen molar-refractivity contribution in [3.8, 4) is 12.3 Å². The molecule has 0 bridgehead atoms. The standard InChI is InChI=1S/C15H9Cl2FN2.C5H6O2/c16-10-5-6-12-13(14(10)17)15(20-8-7-19-12)9-3-1-2-4-11(9)18;1-3-5(6)7-4-2/h1-7H,8H2;1H,4H2,2H3. The van der Waals surface area contributed by atoms with Crippen LogP contribution in [0.5, 0.6) is 0 Å². The lowest BCUT2D eigenvalue weighted by Crippen LogP contribution is -2.07. The minimum Gasteiger partial charge on any atom is -0.456 e. The van der Waals surface area contributed by atoms with Crippen LogP contribution in [0.1, 0.15) is 18.1 Å². The Morgan fingerprint density at radius 2 is 2.04 bits per heavy atom. The summed E-state index contributed by atoms with van der Waals surface area (Å²) < 4.78 is 18.4. The van der Waals surface area contributed by atoms with Gasteiger partial charge in [-0.05, 0) is 31.2 Å². The molecule has 1 aliphatic heterocycles. The number of rotatable bonds is 2. The van der Waals surface area contributed by atoms with Crippen LogP contribution in [0.2, 0.25) is 10.0 Å². The average Bonchev–Trinajstić information content (AvgIpc) is 2.89. The molecular weight excluding hydrogens is 390 g/mol. The number of nitrogens with zero attached hydrogens (tertiary/aromatic N) is 2. The Hall–Kier alpha value is -2.68. The molecule has 0 fully saturated rings. The topological polar surface area (TPSA) is 51.0 Å². The minimum absolute atomic E-state index is 0.338. The predicted molar refractivity (Wildman–Crippen MR) is 107 cm³/mol. The third-order valence-electron chi connectivity index (χ3n) is 3.39. The third-order valence-corrected chi connectivity index (χ3v) is 4.20. The molecule has 0 atom stereocenters. The molecule has 138 valence electrons. The predicted octanol–water partition coefficient (Wildman–Crippen LogP) is 4.87. The SMILES string of the molecule is C#CC(=O)OCC.Fc1ccccc1C1=NCC=Nc2ccc(Cl)c(Cl)c21. The molecule has 0 spiro atoms. The number of carbonyl (C=O) groups excluding carboxylic acids is 1. The monoisotopic (exact) mass is 404 g/mol. The van der Waals surface area contributed by atoms with E-state index >= 15 is 0 Å². The summed E-state index contributed by atoms with van der Waals surface area (Å²) in [6, 6.07) is 9.87. The van der Waals surface area contributed by atoms with Gasteiger partial charge in [0, 0.05) is 23.3 Å². The maximum absolute atomic E-state index is 14.0. The Labute approximate surface area is 166 Å². The molecule has 2 aromatic rings. The first-order valence-electron chi connectivity index (χ1n) is 7.93. The highest BCUT2D eigenvalue weighted by molar-refractivity contribution is 6.45. The van der Waals surface area contributed by atoms with Crippen LogP contribution in [0.15, 0.2) is 46.4 Å². The summed E-state index contributed by atoms with van der Waals surface area (Å²) in [6.45, 7) is 2.42. The fourth-order valence-electron chi connectivity index (χ4n) is 2.27. The van der Waals surface area contributed by atoms with E-state index in [0.29, 0.717) is 45.7 Å². The molecule has 27 heavy (non-hydrogen) atoms. The zero-order valence-corrected chi connectivity index (χ0v) is 15.9. The van der Waals surface area contributed by atoms with Crippen molar-refractivity contribution < 1.29 is 13.9 Å². The molecule has 1 aliphatic rings. The van der Waals surface area contributed by atoms with Crippen molar-refractivity contribution in [1.82, 2.24) is 0 Å². The first-order valence-corrected chi connectivity index (χ1v) is 8.68. The van der Waals surface area contributed by atoms with Gasteiger partial charge in [-0.25, -0.2) is 9.18 Å². The second-order valence-electron chi connectivity index (χ2n) is 5.10. The van der Waals surface area contributed by atoms with Crippen molar-refractivity contribution in [2.24, 2.45) is 9.98 Å². The molecule has 0 aromatic heterocycles. The van der Waals surface area contributed by atoms with Gasteiger partial charge in [0.25, 0.3) is 0 Å². The molecule has 0 unspecified atom stereocenters. The molecule has 4 nitrogen and oxygen atoms in total. The van der Waals surface area contributed by atoms with Gasteiger partial charge in [0.2, 0.25) is 0 Å². The van der Waals surface area contributed by atoms with E-state index in [-0.39, 0.29) is 5.82 Å². The largest absolute Gasteiger partial charge is 0.456 e. The van der Waals surface area contributed by atoms with Crippen LogP contribution in [-0.4, -0.2) is 31.0 Å². The molecular formula is C20H15Cl2FN2O2. The van der Waals surface area contributed by atoms with Gasteiger partial charge in [-0.2, -0.15) is 0 Å². The van der Waals surface area contributed by atoms with Gasteiger partial charge in [0.1, 0.15) is 5.82 Å². The number of benzene rings is 2. The van der Waals surface area contributed by atoms with Crippen LogP contribution in [0.25, 0.3) is 0 Å². The van der Waals surface area contributed by atoms with Gasteiger partial charge in [0.05, 0.1) is 34.6 Å². The zero-order chi connectivity index (χ0) is 19.8. The van der Waals surface area contributed by atoms with E-state index in [2.05, 4.69) is 21.1 Å². The van der Waals surface area contributed by atoms with Crippen LogP contribution in [-0.2, 0) is 9.53 Å². The number of aliphatic imine (C=N–C) groups is 2. The molecule has 3 rings (SSSR count). The van der Waals surface area contributed by atoms with Crippen molar-refractivity contribution in [3.05, 3.63) is 63.4 Å². The van der Waals surface area contributed by atoms with Crippen LogP contribution in [0, 0.1) is 18.2 Å². The smallest absolute Gasteiger partial charge is 0.384 e. The molecule has 0 aliphatic carbocycles. The van der Waals surface area contributed by atoms with Crippen molar-refractivity contribution in [2.75, 3.05) is 13.2 Å². The summed E-state index contributed by atoms with van der Waals surface area (Å²) in [5.74, 6) is 0.858. The van der Waals surface area contributed by atoms with Gasteiger partial charge in [-0.1, -0.05) is 35.3 Å². The molecule has 0 radical (unpaired) electrons. The summed E-state index contributed by atoms with van der Waals surface area (Å²) in [5.41, 5.74) is 2.07. The molecule has 0 N–H and O–H groups in total. The number of fused-ring (bicyclic) bond motifs is 1. The van der Waals surface area contributed by atoms with Crippen molar-refractivity contribution in [2.45, 2.75) is 6.92 Å². The van der Waals surface area contributed by atoms with Crippen LogP contribution in [0.4, 0.5) is 10.1 Å². The zero-order valence-electron chi connectivity index (χ0n) is 14.4. The fraction of sp³-hybridized carbons (Fsp3) is 0.150. The van der Waals surface area contributed by atoms with Crippen LogP contribution < -0.4 is 0 Å². The van der Waals surface area contributed by atoms with Crippen molar-refractivity contribution in [1.29, 1.82) is 0 Å². The van der Waals surface area contributed by atoms with E-state index < -0.39 is 5.97 Å². The maximum Gasteiger partial charge on any atom is 0.384 e. The summed E-state index contributed by atoms with van der Waals surface area (Å²) in [6.07, 6.45) is 6.30. The minimum atomic E-state index is -0.595. The fourth-order valence-corrected chi connectivity index (χ4v) is 2.68. The molecule has 0 saturated heterocycles.